The first-order chi connectivity index (χ1) is 16.0. The molecule has 2 aromatic rings. The standard InChI is InChI=1S/C28H35N3O2/c1-22(2)31-16-6-9-26(28(32)33)27(31)30-19-17-29(18-20-30)21-25-14-12-24(13-15-25)11-10-23-7-4-3-5-8-23/h3-9,12-16,22,27H,10-11,17-21H2,1-2H3,(H,32,33). The number of carboxylic acid groups (broad SMARTS) is 1. The molecule has 1 saturated heterocycles. The number of benzene rings is 2. The van der Waals surface area contributed by atoms with E-state index in [9.17, 15) is 9.90 Å². The van der Waals surface area contributed by atoms with Crippen LogP contribution in [0.5, 0.6) is 0 Å². The number of aryl methyl sites for hydroxylation is 2. The monoisotopic (exact) mass is 445 g/mol. The SMILES string of the molecule is CC(C)N1C=CC=C(C(=O)O)C1N1CCN(Cc2ccc(CCc3ccccc3)cc2)CC1. The molecule has 0 aliphatic carbocycles. The largest absolute Gasteiger partial charge is 0.478 e. The molecule has 2 aliphatic heterocycles. The third-order valence-electron chi connectivity index (χ3n) is 6.66. The Balaban J connectivity index is 1.30. The van der Waals surface area contributed by atoms with Gasteiger partial charge in [-0.2, -0.15) is 0 Å². The molecule has 1 unspecified atom stereocenters. The molecule has 33 heavy (non-hydrogen) atoms. The van der Waals surface area contributed by atoms with Gasteiger partial charge in [0.25, 0.3) is 0 Å². The lowest BCUT2D eigenvalue weighted by Gasteiger charge is -2.46. The van der Waals surface area contributed by atoms with Gasteiger partial charge in [-0.05, 0) is 55.5 Å². The smallest absolute Gasteiger partial charge is 0.335 e. The van der Waals surface area contributed by atoms with Gasteiger partial charge in [-0.25, -0.2) is 4.79 Å². The molecule has 1 N–H and O–H groups in total. The van der Waals surface area contributed by atoms with Crippen molar-refractivity contribution < 1.29 is 9.90 Å². The van der Waals surface area contributed by atoms with Gasteiger partial charge in [0.05, 0.1) is 5.57 Å². The summed E-state index contributed by atoms with van der Waals surface area (Å²) in [6.07, 6.45) is 7.55. The van der Waals surface area contributed by atoms with Crippen molar-refractivity contribution in [3.63, 3.8) is 0 Å². The van der Waals surface area contributed by atoms with Crippen LogP contribution >= 0.6 is 0 Å². The topological polar surface area (TPSA) is 47.0 Å². The zero-order valence-corrected chi connectivity index (χ0v) is 19.7. The molecule has 0 amide bonds. The molecule has 0 spiro atoms. The Bertz CT molecular complexity index is 974. The number of hydrogen-bond donors (Lipinski definition) is 1. The molecule has 4 rings (SSSR count). The molecule has 0 bridgehead atoms. The molecule has 2 aliphatic rings. The zero-order chi connectivity index (χ0) is 23.2. The molecule has 5 heteroatoms. The minimum Gasteiger partial charge on any atom is -0.478 e. The highest BCUT2D eigenvalue weighted by Gasteiger charge is 2.35. The highest BCUT2D eigenvalue weighted by atomic mass is 16.4. The Labute approximate surface area is 197 Å². The second kappa shape index (κ2) is 10.8. The van der Waals surface area contributed by atoms with Crippen LogP contribution in [0, 0.1) is 0 Å². The summed E-state index contributed by atoms with van der Waals surface area (Å²) < 4.78 is 0. The van der Waals surface area contributed by atoms with Gasteiger partial charge in [0.1, 0.15) is 6.17 Å². The third-order valence-corrected chi connectivity index (χ3v) is 6.66. The fraction of sp³-hybridized carbons (Fsp3) is 0.393. The maximum Gasteiger partial charge on any atom is 0.335 e. The number of piperazine rings is 1. The third kappa shape index (κ3) is 5.92. The Morgan fingerprint density at radius 3 is 2.12 bits per heavy atom. The quantitative estimate of drug-likeness (QED) is 0.661. The molecule has 174 valence electrons. The van der Waals surface area contributed by atoms with Crippen molar-refractivity contribution in [2.24, 2.45) is 0 Å². The molecular weight excluding hydrogens is 410 g/mol. The predicted molar refractivity (Wildman–Crippen MR) is 133 cm³/mol. The molecule has 0 aromatic heterocycles. The van der Waals surface area contributed by atoms with E-state index >= 15 is 0 Å². The van der Waals surface area contributed by atoms with Gasteiger partial charge in [0.2, 0.25) is 0 Å². The van der Waals surface area contributed by atoms with E-state index in [1.54, 1.807) is 6.08 Å². The van der Waals surface area contributed by atoms with Gasteiger partial charge in [-0.1, -0.05) is 54.6 Å². The summed E-state index contributed by atoms with van der Waals surface area (Å²) in [5, 5.41) is 9.75. The van der Waals surface area contributed by atoms with Gasteiger partial charge in [0.15, 0.2) is 0 Å². The summed E-state index contributed by atoms with van der Waals surface area (Å²) in [6.45, 7) is 8.77. The van der Waals surface area contributed by atoms with E-state index in [0.717, 1.165) is 45.6 Å². The predicted octanol–water partition coefficient (Wildman–Crippen LogP) is 4.16. The molecule has 1 atom stereocenters. The van der Waals surface area contributed by atoms with Crippen molar-refractivity contribution >= 4 is 5.97 Å². The van der Waals surface area contributed by atoms with Crippen molar-refractivity contribution in [2.75, 3.05) is 26.2 Å². The number of nitrogens with zero attached hydrogens (tertiary/aromatic N) is 3. The zero-order valence-electron chi connectivity index (χ0n) is 19.7. The second-order valence-corrected chi connectivity index (χ2v) is 9.30. The maximum absolute atomic E-state index is 11.9. The van der Waals surface area contributed by atoms with Gasteiger partial charge in [0, 0.05) is 45.0 Å². The first-order valence-electron chi connectivity index (χ1n) is 12.0. The highest BCUT2D eigenvalue weighted by Crippen LogP contribution is 2.24. The van der Waals surface area contributed by atoms with Crippen LogP contribution in [0.1, 0.15) is 30.5 Å². The van der Waals surface area contributed by atoms with E-state index in [4.69, 9.17) is 0 Å². The van der Waals surface area contributed by atoms with Crippen LogP contribution < -0.4 is 0 Å². The van der Waals surface area contributed by atoms with Gasteiger partial charge in [-0.3, -0.25) is 9.80 Å². The molecule has 1 fully saturated rings. The molecule has 2 aromatic carbocycles. The molecule has 0 saturated carbocycles. The molecule has 5 nitrogen and oxygen atoms in total. The van der Waals surface area contributed by atoms with E-state index < -0.39 is 5.97 Å². The Morgan fingerprint density at radius 2 is 1.52 bits per heavy atom. The number of allylic oxidation sites excluding steroid dienone is 2. The number of hydrogen-bond acceptors (Lipinski definition) is 4. The summed E-state index contributed by atoms with van der Waals surface area (Å²) in [6, 6.07) is 19.9. The first kappa shape index (κ1) is 23.3. The van der Waals surface area contributed by atoms with Crippen LogP contribution in [0.3, 0.4) is 0 Å². The lowest BCUT2D eigenvalue weighted by molar-refractivity contribution is -0.134. The molecule has 0 radical (unpaired) electrons. The highest BCUT2D eigenvalue weighted by molar-refractivity contribution is 5.88. The summed E-state index contributed by atoms with van der Waals surface area (Å²) in [7, 11) is 0. The fourth-order valence-corrected chi connectivity index (χ4v) is 4.76. The number of carboxylic acids is 1. The van der Waals surface area contributed by atoms with E-state index in [1.165, 1.54) is 16.7 Å². The second-order valence-electron chi connectivity index (χ2n) is 9.30. The van der Waals surface area contributed by atoms with Crippen LogP contribution in [0.4, 0.5) is 0 Å². The number of carbonyl (C=O) groups is 1. The fourth-order valence-electron chi connectivity index (χ4n) is 4.76. The molecule has 2 heterocycles. The van der Waals surface area contributed by atoms with Crippen molar-refractivity contribution in [3.8, 4) is 0 Å². The minimum atomic E-state index is -0.829. The van der Waals surface area contributed by atoms with Crippen molar-refractivity contribution in [1.82, 2.24) is 14.7 Å². The Morgan fingerprint density at radius 1 is 0.909 bits per heavy atom. The van der Waals surface area contributed by atoms with Crippen LogP contribution in [-0.4, -0.2) is 64.2 Å². The summed E-state index contributed by atoms with van der Waals surface area (Å²) in [5.74, 6) is -0.829. The average molecular weight is 446 g/mol. The van der Waals surface area contributed by atoms with Crippen LogP contribution in [0.25, 0.3) is 0 Å². The van der Waals surface area contributed by atoms with Gasteiger partial charge in [-0.15, -0.1) is 0 Å². The lowest BCUT2D eigenvalue weighted by atomic mass is 10.0. The van der Waals surface area contributed by atoms with Gasteiger partial charge >= 0.3 is 5.97 Å². The van der Waals surface area contributed by atoms with E-state index in [1.807, 2.05) is 12.3 Å². The first-order valence-corrected chi connectivity index (χ1v) is 12.0. The van der Waals surface area contributed by atoms with Gasteiger partial charge < -0.3 is 10.0 Å². The Kier molecular flexibility index (Phi) is 7.63. The maximum atomic E-state index is 11.9. The average Bonchev–Trinajstić information content (AvgIpc) is 2.84. The van der Waals surface area contributed by atoms with Crippen LogP contribution in [0.2, 0.25) is 0 Å². The summed E-state index contributed by atoms with van der Waals surface area (Å²) in [5.41, 5.74) is 4.55. The van der Waals surface area contributed by atoms with Crippen LogP contribution in [0.15, 0.2) is 78.5 Å². The van der Waals surface area contributed by atoms with Crippen LogP contribution in [-0.2, 0) is 24.2 Å². The number of aliphatic carboxylic acids is 1. The van der Waals surface area contributed by atoms with E-state index in [0.29, 0.717) is 5.57 Å². The van der Waals surface area contributed by atoms with Crippen molar-refractivity contribution in [3.05, 3.63) is 95.2 Å². The van der Waals surface area contributed by atoms with E-state index in [-0.39, 0.29) is 12.2 Å². The molecular formula is C28H35N3O2. The van der Waals surface area contributed by atoms with E-state index in [2.05, 4.69) is 83.1 Å². The summed E-state index contributed by atoms with van der Waals surface area (Å²) in [4.78, 5) is 18.8. The summed E-state index contributed by atoms with van der Waals surface area (Å²) >= 11 is 0. The normalized spacial score (nSPS) is 19.7. The van der Waals surface area contributed by atoms with Crippen molar-refractivity contribution in [1.29, 1.82) is 0 Å². The lowest BCUT2D eigenvalue weighted by Crippen LogP contribution is -2.57. The minimum absolute atomic E-state index is 0.196. The number of rotatable bonds is 8. The Hall–Kier alpha value is -2.89. The van der Waals surface area contributed by atoms with Crippen molar-refractivity contribution in [2.45, 2.75) is 45.4 Å².